The summed E-state index contributed by atoms with van der Waals surface area (Å²) >= 11 is 6.01. The van der Waals surface area contributed by atoms with E-state index in [1.807, 2.05) is 0 Å². The summed E-state index contributed by atoms with van der Waals surface area (Å²) in [5.74, 6) is -0.335. The van der Waals surface area contributed by atoms with Crippen molar-refractivity contribution in [2.45, 2.75) is 17.1 Å². The van der Waals surface area contributed by atoms with Crippen LogP contribution in [-0.2, 0) is 15.6 Å². The number of nitrogen functional groups attached to an aromatic ring is 1. The number of nitrogens with one attached hydrogen (secondary N) is 1. The van der Waals surface area contributed by atoms with E-state index in [1.54, 1.807) is 55.5 Å². The van der Waals surface area contributed by atoms with Gasteiger partial charge in [-0.05, 0) is 43.3 Å². The van der Waals surface area contributed by atoms with Gasteiger partial charge in [-0.3, -0.25) is 9.00 Å². The molecule has 2 rings (SSSR count). The predicted octanol–water partition coefficient (Wildman–Crippen LogP) is 3.06. The van der Waals surface area contributed by atoms with E-state index in [0.29, 0.717) is 21.3 Å². The number of hydrogen-bond donors (Lipinski definition) is 2. The van der Waals surface area contributed by atoms with Crippen LogP contribution in [0.1, 0.15) is 6.92 Å². The molecule has 2 aromatic rings. The molecule has 0 aromatic heterocycles. The molecule has 0 saturated heterocycles. The minimum atomic E-state index is -1.52. The second-order valence-electron chi connectivity index (χ2n) is 4.48. The molecule has 3 N–H and O–H groups in total. The fourth-order valence-electron chi connectivity index (χ4n) is 1.71. The van der Waals surface area contributed by atoms with Crippen LogP contribution in [0.5, 0.6) is 0 Å². The largest absolute Gasteiger partial charge is 0.399 e. The minimum absolute atomic E-state index is 0.335. The van der Waals surface area contributed by atoms with Crippen molar-refractivity contribution in [1.29, 1.82) is 0 Å². The molecule has 4 nitrogen and oxygen atoms in total. The van der Waals surface area contributed by atoms with Gasteiger partial charge in [0.2, 0.25) is 5.91 Å². The van der Waals surface area contributed by atoms with Gasteiger partial charge in [-0.2, -0.15) is 0 Å². The molecule has 0 heterocycles. The van der Waals surface area contributed by atoms with Crippen LogP contribution < -0.4 is 11.1 Å². The van der Waals surface area contributed by atoms with Crippen LogP contribution >= 0.6 is 11.6 Å². The quantitative estimate of drug-likeness (QED) is 0.850. The highest BCUT2D eigenvalue weighted by Gasteiger charge is 2.23. The topological polar surface area (TPSA) is 72.2 Å². The average molecular weight is 323 g/mol. The first kappa shape index (κ1) is 15.5. The second kappa shape index (κ2) is 6.74. The molecule has 0 aliphatic carbocycles. The molecule has 0 aliphatic heterocycles. The molecule has 0 bridgehead atoms. The van der Waals surface area contributed by atoms with Crippen molar-refractivity contribution in [2.75, 3.05) is 11.1 Å². The van der Waals surface area contributed by atoms with Crippen molar-refractivity contribution in [2.24, 2.45) is 0 Å². The fourth-order valence-corrected chi connectivity index (χ4v) is 3.18. The molecule has 0 saturated carbocycles. The van der Waals surface area contributed by atoms with Crippen molar-refractivity contribution in [3.63, 3.8) is 0 Å². The van der Waals surface area contributed by atoms with Crippen LogP contribution in [0.3, 0.4) is 0 Å². The van der Waals surface area contributed by atoms with Crippen LogP contribution in [0.25, 0.3) is 0 Å². The van der Waals surface area contributed by atoms with E-state index >= 15 is 0 Å². The Morgan fingerprint density at radius 3 is 2.43 bits per heavy atom. The molecule has 1 amide bonds. The summed E-state index contributed by atoms with van der Waals surface area (Å²) in [5.41, 5.74) is 6.80. The number of carbonyl (C=O) groups is 1. The van der Waals surface area contributed by atoms with Crippen LogP contribution in [-0.4, -0.2) is 15.4 Å². The van der Waals surface area contributed by atoms with E-state index in [0.717, 1.165) is 0 Å². The normalized spacial score (nSPS) is 13.4. The summed E-state index contributed by atoms with van der Waals surface area (Å²) in [5, 5.41) is 2.38. The molecule has 2 aromatic carbocycles. The molecule has 2 unspecified atom stereocenters. The lowest BCUT2D eigenvalue weighted by atomic mass is 10.3. The van der Waals surface area contributed by atoms with Crippen LogP contribution in [0, 0.1) is 0 Å². The third kappa shape index (κ3) is 3.83. The van der Waals surface area contributed by atoms with Gasteiger partial charge in [0, 0.05) is 11.4 Å². The lowest BCUT2D eigenvalue weighted by molar-refractivity contribution is -0.115. The molecule has 2 atom stereocenters. The van der Waals surface area contributed by atoms with E-state index in [2.05, 4.69) is 5.32 Å². The Morgan fingerprint density at radius 2 is 1.81 bits per heavy atom. The SMILES string of the molecule is CC(C(=O)Nc1ccc(N)cc1)S(=O)c1ccccc1Cl. The first-order valence-electron chi connectivity index (χ1n) is 6.30. The number of rotatable bonds is 4. The first-order valence-corrected chi connectivity index (χ1v) is 7.89. The smallest absolute Gasteiger partial charge is 0.240 e. The molecule has 0 radical (unpaired) electrons. The van der Waals surface area contributed by atoms with Crippen molar-refractivity contribution in [3.8, 4) is 0 Å². The third-order valence-corrected chi connectivity index (χ3v) is 5.01. The van der Waals surface area contributed by atoms with Gasteiger partial charge in [-0.15, -0.1) is 0 Å². The zero-order valence-electron chi connectivity index (χ0n) is 11.4. The van der Waals surface area contributed by atoms with Crippen LogP contribution in [0.2, 0.25) is 5.02 Å². The maximum atomic E-state index is 12.4. The van der Waals surface area contributed by atoms with E-state index in [4.69, 9.17) is 17.3 Å². The van der Waals surface area contributed by atoms with Crippen molar-refractivity contribution < 1.29 is 9.00 Å². The summed E-state index contributed by atoms with van der Waals surface area (Å²) in [6.45, 7) is 1.60. The predicted molar refractivity (Wildman–Crippen MR) is 86.8 cm³/mol. The minimum Gasteiger partial charge on any atom is -0.399 e. The molecular weight excluding hydrogens is 308 g/mol. The van der Waals surface area contributed by atoms with Gasteiger partial charge in [-0.25, -0.2) is 0 Å². The number of halogens is 1. The number of benzene rings is 2. The number of hydrogen-bond acceptors (Lipinski definition) is 3. The van der Waals surface area contributed by atoms with Gasteiger partial charge in [0.25, 0.3) is 0 Å². The zero-order chi connectivity index (χ0) is 15.4. The zero-order valence-corrected chi connectivity index (χ0v) is 12.9. The third-order valence-electron chi connectivity index (χ3n) is 2.92. The first-order chi connectivity index (χ1) is 9.99. The van der Waals surface area contributed by atoms with Gasteiger partial charge in [0.15, 0.2) is 0 Å². The lowest BCUT2D eigenvalue weighted by Gasteiger charge is -2.13. The highest BCUT2D eigenvalue weighted by Crippen LogP contribution is 2.22. The molecule has 0 spiro atoms. The van der Waals surface area contributed by atoms with Gasteiger partial charge in [0.1, 0.15) is 5.25 Å². The van der Waals surface area contributed by atoms with Gasteiger partial charge in [0.05, 0.1) is 20.7 Å². The van der Waals surface area contributed by atoms with E-state index in [9.17, 15) is 9.00 Å². The Morgan fingerprint density at radius 1 is 1.19 bits per heavy atom. The molecule has 21 heavy (non-hydrogen) atoms. The highest BCUT2D eigenvalue weighted by atomic mass is 35.5. The summed E-state index contributed by atoms with van der Waals surface area (Å²) in [7, 11) is -1.52. The summed E-state index contributed by atoms with van der Waals surface area (Å²) in [6.07, 6.45) is 0. The van der Waals surface area contributed by atoms with Crippen molar-refractivity contribution in [1.82, 2.24) is 0 Å². The maximum Gasteiger partial charge on any atom is 0.240 e. The van der Waals surface area contributed by atoms with E-state index < -0.39 is 16.0 Å². The molecule has 110 valence electrons. The molecular formula is C15H15ClN2O2S. The lowest BCUT2D eigenvalue weighted by Crippen LogP contribution is -2.29. The molecule has 0 fully saturated rings. The number of nitrogens with two attached hydrogens (primary N) is 1. The molecule has 6 heteroatoms. The highest BCUT2D eigenvalue weighted by molar-refractivity contribution is 7.86. The van der Waals surface area contributed by atoms with Crippen LogP contribution in [0.15, 0.2) is 53.4 Å². The number of anilines is 2. The Kier molecular flexibility index (Phi) is 4.98. The second-order valence-corrected chi connectivity index (χ2v) is 6.63. The van der Waals surface area contributed by atoms with Gasteiger partial charge >= 0.3 is 0 Å². The fraction of sp³-hybridized carbons (Fsp3) is 0.133. The van der Waals surface area contributed by atoms with Gasteiger partial charge in [-0.1, -0.05) is 23.7 Å². The number of carbonyl (C=O) groups excluding carboxylic acids is 1. The average Bonchev–Trinajstić information content (AvgIpc) is 2.48. The summed E-state index contributed by atoms with van der Waals surface area (Å²) in [4.78, 5) is 12.6. The standard InChI is InChI=1S/C15H15ClN2O2S/c1-10(21(20)14-5-3-2-4-13(14)16)15(19)18-12-8-6-11(17)7-9-12/h2-10H,17H2,1H3,(H,18,19). The Bertz CT molecular complexity index is 674. The van der Waals surface area contributed by atoms with E-state index in [-0.39, 0.29) is 5.91 Å². The summed E-state index contributed by atoms with van der Waals surface area (Å²) < 4.78 is 12.4. The Hall–Kier alpha value is -1.85. The molecule has 0 aliphatic rings. The van der Waals surface area contributed by atoms with E-state index in [1.165, 1.54) is 0 Å². The van der Waals surface area contributed by atoms with Crippen molar-refractivity contribution in [3.05, 3.63) is 53.6 Å². The summed E-state index contributed by atoms with van der Waals surface area (Å²) in [6, 6.07) is 13.6. The maximum absolute atomic E-state index is 12.4. The number of amides is 1. The van der Waals surface area contributed by atoms with Crippen LogP contribution in [0.4, 0.5) is 11.4 Å². The van der Waals surface area contributed by atoms with Crippen molar-refractivity contribution >= 4 is 39.7 Å². The Balaban J connectivity index is 2.10. The monoisotopic (exact) mass is 322 g/mol. The Labute approximate surface area is 130 Å². The van der Waals surface area contributed by atoms with Gasteiger partial charge < -0.3 is 11.1 Å².